The lowest BCUT2D eigenvalue weighted by Gasteiger charge is -2.40. The SMILES string of the molecule is COc1cc([C@@H]2c3cc4c(cc3[C@@H](Nc3ccc(Oc5ccc([N+](=O)[O-])cc5)cc3)[C@H]3COC(=O)[C@H]23)OCO4)cc(OC)c1OC. The normalized spacial score (nSPS) is 20.6. The summed E-state index contributed by atoms with van der Waals surface area (Å²) in [6.45, 7) is 0.341. The maximum absolute atomic E-state index is 13.5. The Kier molecular flexibility index (Phi) is 7.39. The van der Waals surface area contributed by atoms with Gasteiger partial charge in [-0.3, -0.25) is 14.9 Å². The Bertz CT molecular complexity index is 1780. The van der Waals surface area contributed by atoms with Crippen LogP contribution in [0.5, 0.6) is 40.2 Å². The summed E-state index contributed by atoms with van der Waals surface area (Å²) in [5, 5.41) is 14.6. The van der Waals surface area contributed by atoms with Crippen molar-refractivity contribution in [3.63, 3.8) is 0 Å². The van der Waals surface area contributed by atoms with Crippen LogP contribution >= 0.6 is 0 Å². The summed E-state index contributed by atoms with van der Waals surface area (Å²) in [4.78, 5) is 24.0. The number of carbonyl (C=O) groups excluding carboxylic acids is 1. The van der Waals surface area contributed by atoms with Crippen LogP contribution in [0.25, 0.3) is 0 Å². The summed E-state index contributed by atoms with van der Waals surface area (Å²) in [6.07, 6.45) is 0. The van der Waals surface area contributed by atoms with Gasteiger partial charge in [0.25, 0.3) is 5.69 Å². The number of fused-ring (bicyclic) bond motifs is 3. The first-order valence-corrected chi connectivity index (χ1v) is 14.6. The molecule has 2 aliphatic heterocycles. The van der Waals surface area contributed by atoms with Crippen LogP contribution in [0.3, 0.4) is 0 Å². The van der Waals surface area contributed by atoms with Crippen molar-refractivity contribution in [2.45, 2.75) is 12.0 Å². The van der Waals surface area contributed by atoms with E-state index in [0.717, 1.165) is 22.4 Å². The number of cyclic esters (lactones) is 1. The first-order chi connectivity index (χ1) is 22.4. The zero-order valence-electron chi connectivity index (χ0n) is 25.2. The summed E-state index contributed by atoms with van der Waals surface area (Å²) in [5.74, 6) is 2.28. The monoisotopic (exact) mass is 626 g/mol. The van der Waals surface area contributed by atoms with Crippen LogP contribution in [-0.2, 0) is 9.53 Å². The van der Waals surface area contributed by atoms with Gasteiger partial charge in [-0.15, -0.1) is 0 Å². The molecule has 1 N–H and O–H groups in total. The van der Waals surface area contributed by atoms with Gasteiger partial charge in [-0.2, -0.15) is 0 Å². The largest absolute Gasteiger partial charge is 0.493 e. The number of hydrogen-bond acceptors (Lipinski definition) is 11. The third-order valence-electron chi connectivity index (χ3n) is 8.69. The van der Waals surface area contributed by atoms with Crippen molar-refractivity contribution in [3.05, 3.63) is 99.6 Å². The van der Waals surface area contributed by atoms with Gasteiger partial charge < -0.3 is 38.5 Å². The highest BCUT2D eigenvalue weighted by Crippen LogP contribution is 2.56. The van der Waals surface area contributed by atoms with Crippen LogP contribution in [-0.4, -0.2) is 45.6 Å². The molecule has 236 valence electrons. The highest BCUT2D eigenvalue weighted by molar-refractivity contribution is 5.79. The lowest BCUT2D eigenvalue weighted by atomic mass is 9.65. The summed E-state index contributed by atoms with van der Waals surface area (Å²) in [5.41, 5.74) is 3.45. The Morgan fingerprint density at radius 2 is 1.41 bits per heavy atom. The van der Waals surface area contributed by atoms with Crippen LogP contribution in [0.4, 0.5) is 11.4 Å². The quantitative estimate of drug-likeness (QED) is 0.129. The lowest BCUT2D eigenvalue weighted by Crippen LogP contribution is -2.37. The average Bonchev–Trinajstić information content (AvgIpc) is 3.70. The Balaban J connectivity index is 1.25. The number of esters is 1. The first-order valence-electron chi connectivity index (χ1n) is 14.6. The van der Waals surface area contributed by atoms with Crippen LogP contribution in [0.2, 0.25) is 0 Å². The second-order valence-corrected chi connectivity index (χ2v) is 11.1. The molecular formula is C34H30N2O10. The molecule has 12 nitrogen and oxygen atoms in total. The van der Waals surface area contributed by atoms with Crippen molar-refractivity contribution in [2.24, 2.45) is 11.8 Å². The van der Waals surface area contributed by atoms with E-state index >= 15 is 0 Å². The van der Waals surface area contributed by atoms with Gasteiger partial charge in [-0.05, 0) is 77.4 Å². The van der Waals surface area contributed by atoms with E-state index in [1.807, 2.05) is 36.4 Å². The van der Waals surface area contributed by atoms with Crippen molar-refractivity contribution in [3.8, 4) is 40.2 Å². The molecule has 2 heterocycles. The number of non-ortho nitro benzene ring substituents is 1. The van der Waals surface area contributed by atoms with Crippen LogP contribution in [0, 0.1) is 22.0 Å². The van der Waals surface area contributed by atoms with Crippen molar-refractivity contribution in [2.75, 3.05) is 40.0 Å². The molecule has 3 aliphatic rings. The Labute approximate surface area is 263 Å². The van der Waals surface area contributed by atoms with Crippen LogP contribution in [0.1, 0.15) is 28.7 Å². The second-order valence-electron chi connectivity index (χ2n) is 11.1. The number of nitro benzene ring substituents is 1. The maximum Gasteiger partial charge on any atom is 0.310 e. The number of rotatable bonds is 9. The summed E-state index contributed by atoms with van der Waals surface area (Å²) in [6, 6.07) is 20.6. The number of hydrogen-bond donors (Lipinski definition) is 1. The third kappa shape index (κ3) is 5.01. The number of methoxy groups -OCH3 is 3. The molecule has 4 aromatic rings. The van der Waals surface area contributed by atoms with E-state index in [-0.39, 0.29) is 37.0 Å². The standard InChI is InChI=1S/C34H30N2O10/c1-40-28-12-18(13-29(41-2)33(28)42-3)30-23-14-26-27(45-17-44-26)15-24(23)32(25-16-43-34(37)31(25)30)35-19-4-8-21(9-5-19)46-22-10-6-20(7-11-22)36(38)39/h4-15,25,30-32,35H,16-17H2,1-3H3/t25-,30+,31-,32+/m0/s1. The Hall–Kier alpha value is -5.65. The van der Waals surface area contributed by atoms with Gasteiger partial charge in [0, 0.05) is 29.7 Å². The molecular weight excluding hydrogens is 596 g/mol. The van der Waals surface area contributed by atoms with Gasteiger partial charge in [0.2, 0.25) is 12.5 Å². The molecule has 1 saturated heterocycles. The van der Waals surface area contributed by atoms with Gasteiger partial charge >= 0.3 is 5.97 Å². The topological polar surface area (TPSA) is 137 Å². The summed E-state index contributed by atoms with van der Waals surface area (Å²) < 4.78 is 40.0. The predicted octanol–water partition coefficient (Wildman–Crippen LogP) is 6.23. The zero-order valence-corrected chi connectivity index (χ0v) is 25.2. The molecule has 0 radical (unpaired) electrons. The summed E-state index contributed by atoms with van der Waals surface area (Å²) >= 11 is 0. The van der Waals surface area contributed by atoms with Crippen LogP contribution < -0.4 is 33.7 Å². The molecule has 4 aromatic carbocycles. The van der Waals surface area contributed by atoms with E-state index in [4.69, 9.17) is 33.2 Å². The minimum atomic E-state index is -0.516. The number of carbonyl (C=O) groups is 1. The van der Waals surface area contributed by atoms with E-state index in [2.05, 4.69) is 5.32 Å². The van der Waals surface area contributed by atoms with E-state index in [1.54, 1.807) is 45.6 Å². The average molecular weight is 627 g/mol. The zero-order chi connectivity index (χ0) is 31.9. The molecule has 0 aromatic heterocycles. The van der Waals surface area contributed by atoms with Crippen molar-refractivity contribution >= 4 is 17.3 Å². The molecule has 12 heteroatoms. The second kappa shape index (κ2) is 11.7. The van der Waals surface area contributed by atoms with E-state index in [0.29, 0.717) is 40.2 Å². The highest BCUT2D eigenvalue weighted by atomic mass is 16.7. The Morgan fingerprint density at radius 1 is 0.804 bits per heavy atom. The number of benzene rings is 4. The smallest absolute Gasteiger partial charge is 0.310 e. The van der Waals surface area contributed by atoms with Crippen molar-refractivity contribution in [1.29, 1.82) is 0 Å². The predicted molar refractivity (Wildman–Crippen MR) is 164 cm³/mol. The molecule has 0 saturated carbocycles. The highest BCUT2D eigenvalue weighted by Gasteiger charge is 2.52. The van der Waals surface area contributed by atoms with E-state index in [1.165, 1.54) is 12.1 Å². The number of anilines is 1. The fourth-order valence-corrected chi connectivity index (χ4v) is 6.60. The number of nitro groups is 1. The summed E-state index contributed by atoms with van der Waals surface area (Å²) in [7, 11) is 4.66. The van der Waals surface area contributed by atoms with Crippen LogP contribution in [0.15, 0.2) is 72.8 Å². The molecule has 0 unspecified atom stereocenters. The molecule has 7 rings (SSSR count). The van der Waals surface area contributed by atoms with E-state index in [9.17, 15) is 14.9 Å². The fraction of sp³-hybridized carbons (Fsp3) is 0.265. The molecule has 1 fully saturated rings. The lowest BCUT2D eigenvalue weighted by molar-refractivity contribution is -0.384. The molecule has 46 heavy (non-hydrogen) atoms. The van der Waals surface area contributed by atoms with Crippen molar-refractivity contribution in [1.82, 2.24) is 0 Å². The van der Waals surface area contributed by atoms with Gasteiger partial charge in [-0.25, -0.2) is 0 Å². The van der Waals surface area contributed by atoms with Gasteiger partial charge in [0.05, 0.1) is 44.8 Å². The molecule has 4 atom stereocenters. The van der Waals surface area contributed by atoms with E-state index < -0.39 is 16.8 Å². The number of ether oxygens (including phenoxy) is 7. The fourth-order valence-electron chi connectivity index (χ4n) is 6.60. The van der Waals surface area contributed by atoms with Gasteiger partial charge in [0.1, 0.15) is 11.5 Å². The minimum absolute atomic E-state index is 0.0116. The molecule has 1 aliphatic carbocycles. The maximum atomic E-state index is 13.5. The number of nitrogens with zero attached hydrogens (tertiary/aromatic N) is 1. The van der Waals surface area contributed by atoms with Gasteiger partial charge in [-0.1, -0.05) is 0 Å². The third-order valence-corrected chi connectivity index (χ3v) is 8.69. The number of nitrogens with one attached hydrogen (secondary N) is 1. The molecule has 0 amide bonds. The minimum Gasteiger partial charge on any atom is -0.493 e. The molecule has 0 bridgehead atoms. The van der Waals surface area contributed by atoms with Gasteiger partial charge in [0.15, 0.2) is 23.0 Å². The molecule has 0 spiro atoms. The first kappa shape index (κ1) is 29.1. The Morgan fingerprint density at radius 3 is 2.00 bits per heavy atom. The van der Waals surface area contributed by atoms with Crippen molar-refractivity contribution < 1.29 is 42.9 Å².